The number of nitrogens with zero attached hydrogens (tertiary/aromatic N) is 1. The quantitative estimate of drug-likeness (QED) is 0.627. The molecule has 0 radical (unpaired) electrons. The number of carbonyl (C=O) groups is 1. The van der Waals surface area contributed by atoms with Crippen LogP contribution in [0.15, 0.2) is 23.4 Å². The van der Waals surface area contributed by atoms with Crippen molar-refractivity contribution in [3.05, 3.63) is 23.9 Å². The van der Waals surface area contributed by atoms with E-state index in [0.29, 0.717) is 5.03 Å². The van der Waals surface area contributed by atoms with Gasteiger partial charge in [-0.2, -0.15) is 13.2 Å². The van der Waals surface area contributed by atoms with E-state index < -0.39 is 11.7 Å². The number of rotatable bonds is 4. The number of aromatic nitrogens is 1. The summed E-state index contributed by atoms with van der Waals surface area (Å²) in [4.78, 5) is 14.7. The first-order valence-corrected chi connectivity index (χ1v) is 5.97. The van der Waals surface area contributed by atoms with Crippen LogP contribution < -0.4 is 0 Å². The predicted octanol–water partition coefficient (Wildman–Crippen LogP) is 3.14. The van der Waals surface area contributed by atoms with Gasteiger partial charge < -0.3 is 4.74 Å². The van der Waals surface area contributed by atoms with E-state index in [9.17, 15) is 18.0 Å². The third-order valence-corrected chi connectivity index (χ3v) is 3.12. The number of methoxy groups -OCH3 is 1. The molecule has 0 aromatic carbocycles. The first-order chi connectivity index (χ1) is 8.32. The van der Waals surface area contributed by atoms with E-state index in [1.807, 2.05) is 0 Å². The number of hydrogen-bond acceptors (Lipinski definition) is 4. The van der Waals surface area contributed by atoms with Gasteiger partial charge >= 0.3 is 12.1 Å². The Labute approximate surface area is 107 Å². The van der Waals surface area contributed by atoms with Crippen LogP contribution in [-0.2, 0) is 15.7 Å². The third kappa shape index (κ3) is 4.56. The molecule has 100 valence electrons. The van der Waals surface area contributed by atoms with E-state index in [-0.39, 0.29) is 17.6 Å². The highest BCUT2D eigenvalue weighted by atomic mass is 32.2. The number of halogens is 3. The van der Waals surface area contributed by atoms with Gasteiger partial charge in [0.25, 0.3) is 0 Å². The Hall–Kier alpha value is -1.24. The molecule has 0 spiro atoms. The lowest BCUT2D eigenvalue weighted by Crippen LogP contribution is -2.09. The molecule has 0 amide bonds. The molecule has 1 heterocycles. The SMILES string of the molecule is COC(=O)CC(C)Sc1ccc(C(F)(F)F)cn1. The van der Waals surface area contributed by atoms with Crippen LogP contribution in [0.25, 0.3) is 0 Å². The lowest BCUT2D eigenvalue weighted by Gasteiger charge is -2.10. The zero-order chi connectivity index (χ0) is 13.8. The third-order valence-electron chi connectivity index (χ3n) is 2.07. The van der Waals surface area contributed by atoms with Gasteiger partial charge in [0.05, 0.1) is 24.1 Å². The number of ether oxygens (including phenoxy) is 1. The van der Waals surface area contributed by atoms with Crippen molar-refractivity contribution in [1.29, 1.82) is 0 Å². The molecule has 0 aliphatic heterocycles. The fourth-order valence-corrected chi connectivity index (χ4v) is 2.08. The van der Waals surface area contributed by atoms with Crippen molar-refractivity contribution in [3.8, 4) is 0 Å². The molecule has 1 atom stereocenters. The zero-order valence-corrected chi connectivity index (χ0v) is 10.6. The summed E-state index contributed by atoms with van der Waals surface area (Å²) >= 11 is 1.23. The molecule has 0 fully saturated rings. The molecule has 0 saturated heterocycles. The summed E-state index contributed by atoms with van der Waals surface area (Å²) in [5, 5.41) is 0.334. The van der Waals surface area contributed by atoms with Gasteiger partial charge in [-0.15, -0.1) is 11.8 Å². The Morgan fingerprint density at radius 2 is 2.17 bits per heavy atom. The van der Waals surface area contributed by atoms with E-state index in [0.717, 1.165) is 12.3 Å². The molecule has 3 nitrogen and oxygen atoms in total. The van der Waals surface area contributed by atoms with Gasteiger partial charge in [0, 0.05) is 11.4 Å². The maximum Gasteiger partial charge on any atom is 0.417 e. The van der Waals surface area contributed by atoms with E-state index >= 15 is 0 Å². The molecule has 0 aliphatic rings. The number of alkyl halides is 3. The van der Waals surface area contributed by atoms with Crippen molar-refractivity contribution in [1.82, 2.24) is 4.98 Å². The topological polar surface area (TPSA) is 39.2 Å². The van der Waals surface area contributed by atoms with Gasteiger partial charge in [-0.05, 0) is 12.1 Å². The summed E-state index contributed by atoms with van der Waals surface area (Å²) in [6.45, 7) is 1.78. The van der Waals surface area contributed by atoms with Crippen LogP contribution in [0.1, 0.15) is 18.9 Å². The first-order valence-electron chi connectivity index (χ1n) is 5.09. The van der Waals surface area contributed by atoms with E-state index in [1.54, 1.807) is 6.92 Å². The monoisotopic (exact) mass is 279 g/mol. The molecular formula is C11H12F3NO2S. The van der Waals surface area contributed by atoms with Gasteiger partial charge in [0.2, 0.25) is 0 Å². The molecule has 1 unspecified atom stereocenters. The number of carbonyl (C=O) groups excluding carboxylic acids is 1. The lowest BCUT2D eigenvalue weighted by molar-refractivity contribution is -0.140. The van der Waals surface area contributed by atoms with Crippen LogP contribution in [0.3, 0.4) is 0 Å². The van der Waals surface area contributed by atoms with Crippen LogP contribution >= 0.6 is 11.8 Å². The van der Waals surface area contributed by atoms with Crippen molar-refractivity contribution in [3.63, 3.8) is 0 Å². The Morgan fingerprint density at radius 1 is 1.50 bits per heavy atom. The highest BCUT2D eigenvalue weighted by Crippen LogP contribution is 2.30. The number of pyridine rings is 1. The minimum absolute atomic E-state index is 0.110. The summed E-state index contributed by atoms with van der Waals surface area (Å²) in [6, 6.07) is 2.27. The second-order valence-corrected chi connectivity index (χ2v) is 5.05. The highest BCUT2D eigenvalue weighted by molar-refractivity contribution is 7.99. The molecule has 18 heavy (non-hydrogen) atoms. The van der Waals surface area contributed by atoms with Gasteiger partial charge in [0.15, 0.2) is 0 Å². The maximum atomic E-state index is 12.3. The Bertz CT molecular complexity index is 406. The molecule has 1 aromatic heterocycles. The van der Waals surface area contributed by atoms with Crippen LogP contribution in [0.4, 0.5) is 13.2 Å². The molecule has 0 saturated carbocycles. The molecular weight excluding hydrogens is 267 g/mol. The van der Waals surface area contributed by atoms with E-state index in [1.165, 1.54) is 24.9 Å². The minimum atomic E-state index is -4.38. The first kappa shape index (κ1) is 14.8. The molecule has 0 aliphatic carbocycles. The number of hydrogen-bond donors (Lipinski definition) is 0. The highest BCUT2D eigenvalue weighted by Gasteiger charge is 2.30. The summed E-state index contributed by atoms with van der Waals surface area (Å²) in [6.07, 6.45) is -3.41. The minimum Gasteiger partial charge on any atom is -0.469 e. The average molecular weight is 279 g/mol. The van der Waals surface area contributed by atoms with Gasteiger partial charge in [-0.1, -0.05) is 6.92 Å². The van der Waals surface area contributed by atoms with Crippen molar-refractivity contribution < 1.29 is 22.7 Å². The second-order valence-electron chi connectivity index (χ2n) is 3.59. The largest absolute Gasteiger partial charge is 0.469 e. The van der Waals surface area contributed by atoms with Crippen LogP contribution in [-0.4, -0.2) is 23.3 Å². The molecule has 7 heteroatoms. The predicted molar refractivity (Wildman–Crippen MR) is 61.2 cm³/mol. The van der Waals surface area contributed by atoms with Gasteiger partial charge in [0.1, 0.15) is 0 Å². The number of esters is 1. The summed E-state index contributed by atoms with van der Waals surface area (Å²) < 4.78 is 41.4. The molecule has 0 N–H and O–H groups in total. The average Bonchev–Trinajstić information content (AvgIpc) is 2.28. The summed E-state index contributed by atoms with van der Waals surface area (Å²) in [5.74, 6) is -0.359. The van der Waals surface area contributed by atoms with Crippen LogP contribution in [0.5, 0.6) is 0 Å². The van der Waals surface area contributed by atoms with Gasteiger partial charge in [-0.25, -0.2) is 4.98 Å². The molecule has 1 aromatic rings. The van der Waals surface area contributed by atoms with Gasteiger partial charge in [-0.3, -0.25) is 4.79 Å². The van der Waals surface area contributed by atoms with Crippen molar-refractivity contribution in [2.45, 2.75) is 29.8 Å². The number of thioether (sulfide) groups is 1. The Kier molecular flexibility index (Phi) is 5.01. The smallest absolute Gasteiger partial charge is 0.417 e. The summed E-state index contributed by atoms with van der Waals surface area (Å²) in [7, 11) is 1.29. The van der Waals surface area contributed by atoms with E-state index in [4.69, 9.17) is 0 Å². The van der Waals surface area contributed by atoms with Crippen LogP contribution in [0, 0.1) is 0 Å². The fraction of sp³-hybridized carbons (Fsp3) is 0.455. The lowest BCUT2D eigenvalue weighted by atomic mass is 10.3. The van der Waals surface area contributed by atoms with Crippen molar-refractivity contribution >= 4 is 17.7 Å². The Morgan fingerprint density at radius 3 is 2.61 bits per heavy atom. The van der Waals surface area contributed by atoms with E-state index in [2.05, 4.69) is 9.72 Å². The fourth-order valence-electron chi connectivity index (χ4n) is 1.18. The second kappa shape index (κ2) is 6.08. The summed E-state index contributed by atoms with van der Waals surface area (Å²) in [5.41, 5.74) is -0.785. The Balaban J connectivity index is 2.61. The van der Waals surface area contributed by atoms with Crippen LogP contribution in [0.2, 0.25) is 0 Å². The standard InChI is InChI=1S/C11H12F3NO2S/c1-7(5-10(16)17-2)18-9-4-3-8(6-15-9)11(12,13)14/h3-4,6-7H,5H2,1-2H3. The maximum absolute atomic E-state index is 12.3. The molecule has 0 bridgehead atoms. The zero-order valence-electron chi connectivity index (χ0n) is 9.82. The van der Waals surface area contributed by atoms with Crippen molar-refractivity contribution in [2.75, 3.05) is 7.11 Å². The van der Waals surface area contributed by atoms with Crippen molar-refractivity contribution in [2.24, 2.45) is 0 Å². The molecule has 1 rings (SSSR count). The normalized spacial score (nSPS) is 13.2.